The first kappa shape index (κ1) is 26.4. The van der Waals surface area contributed by atoms with E-state index >= 15 is 0 Å². The summed E-state index contributed by atoms with van der Waals surface area (Å²) in [6.07, 6.45) is 0. The molecule has 0 saturated heterocycles. The Balaban J connectivity index is 0.000000186. The number of urea groups is 1. The van der Waals surface area contributed by atoms with Crippen LogP contribution in [-0.2, 0) is 0 Å². The standard InChI is InChI=1S/C19H17NOS.C13H12N2O/c1-14-6-5-9-17(12-14)20(2)19(22)21-18-11-10-15-7-3-4-8-16(15)13-18;16-13(14-11-7-3-1-4-8-11)15-12-9-5-2-6-10-12/h3-13H,1-2H3;1-10H,(H2,14,15,16). The summed E-state index contributed by atoms with van der Waals surface area (Å²) in [5, 5.41) is 8.24. The van der Waals surface area contributed by atoms with E-state index in [-0.39, 0.29) is 6.03 Å². The summed E-state index contributed by atoms with van der Waals surface area (Å²) < 4.78 is 5.84. The molecule has 0 atom stereocenters. The number of rotatable bonds is 4. The molecule has 0 saturated carbocycles. The number of aryl methyl sites for hydroxylation is 1. The van der Waals surface area contributed by atoms with Gasteiger partial charge < -0.3 is 20.3 Å². The molecule has 2 N–H and O–H groups in total. The number of para-hydroxylation sites is 2. The highest BCUT2D eigenvalue weighted by Gasteiger charge is 2.10. The molecule has 0 fully saturated rings. The van der Waals surface area contributed by atoms with Gasteiger partial charge in [0.1, 0.15) is 5.75 Å². The number of nitrogens with one attached hydrogen (secondary N) is 2. The van der Waals surface area contributed by atoms with Crippen molar-refractivity contribution in [1.29, 1.82) is 0 Å². The van der Waals surface area contributed by atoms with Gasteiger partial charge in [0.15, 0.2) is 0 Å². The Kier molecular flexibility index (Phi) is 9.05. The van der Waals surface area contributed by atoms with Gasteiger partial charge in [-0.1, -0.05) is 78.9 Å². The van der Waals surface area contributed by atoms with E-state index in [4.69, 9.17) is 17.0 Å². The molecule has 0 aromatic heterocycles. The van der Waals surface area contributed by atoms with E-state index in [1.807, 2.05) is 115 Å². The highest BCUT2D eigenvalue weighted by molar-refractivity contribution is 7.80. The van der Waals surface area contributed by atoms with Gasteiger partial charge in [-0.3, -0.25) is 0 Å². The number of amides is 2. The summed E-state index contributed by atoms with van der Waals surface area (Å²) in [5.41, 5.74) is 3.76. The predicted octanol–water partition coefficient (Wildman–Crippen LogP) is 8.28. The second-order valence-electron chi connectivity index (χ2n) is 8.59. The zero-order chi connectivity index (χ0) is 26.7. The molecule has 0 aliphatic rings. The van der Waals surface area contributed by atoms with Crippen molar-refractivity contribution < 1.29 is 9.53 Å². The lowest BCUT2D eigenvalue weighted by molar-refractivity contribution is 0.262. The number of thiocarbonyl (C=S) groups is 1. The van der Waals surface area contributed by atoms with Crippen molar-refractivity contribution >= 4 is 51.3 Å². The maximum atomic E-state index is 11.6. The van der Waals surface area contributed by atoms with Gasteiger partial charge in [0, 0.05) is 24.1 Å². The molecule has 0 radical (unpaired) electrons. The Morgan fingerprint density at radius 1 is 0.684 bits per heavy atom. The molecule has 0 aliphatic heterocycles. The first-order valence-corrected chi connectivity index (χ1v) is 12.6. The van der Waals surface area contributed by atoms with E-state index in [0.717, 1.165) is 28.2 Å². The first-order chi connectivity index (χ1) is 18.5. The minimum absolute atomic E-state index is 0.239. The van der Waals surface area contributed by atoms with Crippen LogP contribution < -0.4 is 20.3 Å². The summed E-state index contributed by atoms with van der Waals surface area (Å²) >= 11 is 5.41. The molecule has 0 heterocycles. The number of carbonyl (C=O) groups is 1. The monoisotopic (exact) mass is 519 g/mol. The third-order valence-corrected chi connectivity index (χ3v) is 6.01. The van der Waals surface area contributed by atoms with Crippen molar-refractivity contribution in [3.05, 3.63) is 133 Å². The maximum Gasteiger partial charge on any atom is 0.323 e. The molecule has 5 aromatic carbocycles. The van der Waals surface area contributed by atoms with Gasteiger partial charge in [0.05, 0.1) is 0 Å². The van der Waals surface area contributed by atoms with Gasteiger partial charge in [-0.15, -0.1) is 0 Å². The van der Waals surface area contributed by atoms with Crippen molar-refractivity contribution in [3.8, 4) is 5.75 Å². The summed E-state index contributed by atoms with van der Waals surface area (Å²) in [5.74, 6) is 0.753. The Morgan fingerprint density at radius 2 is 1.26 bits per heavy atom. The SMILES string of the molecule is Cc1cccc(N(C)C(=S)Oc2ccc3ccccc3c2)c1.O=C(Nc1ccccc1)Nc1ccccc1. The molecule has 2 amide bonds. The number of anilines is 3. The predicted molar refractivity (Wildman–Crippen MR) is 162 cm³/mol. The zero-order valence-corrected chi connectivity index (χ0v) is 22.1. The summed E-state index contributed by atoms with van der Waals surface area (Å²) in [6, 6.07) is 40.8. The van der Waals surface area contributed by atoms with E-state index in [9.17, 15) is 4.79 Å². The number of fused-ring (bicyclic) bond motifs is 1. The van der Waals surface area contributed by atoms with Crippen LogP contribution in [0.3, 0.4) is 0 Å². The van der Waals surface area contributed by atoms with E-state index < -0.39 is 0 Å². The van der Waals surface area contributed by atoms with Gasteiger partial charge >= 0.3 is 6.03 Å². The Morgan fingerprint density at radius 3 is 1.87 bits per heavy atom. The van der Waals surface area contributed by atoms with E-state index in [0.29, 0.717) is 5.17 Å². The van der Waals surface area contributed by atoms with Crippen molar-refractivity contribution in [1.82, 2.24) is 0 Å². The van der Waals surface area contributed by atoms with Gasteiger partial charge in [0.25, 0.3) is 5.17 Å². The Bertz CT molecular complexity index is 1460. The number of benzene rings is 5. The Hall–Kier alpha value is -4.68. The largest absolute Gasteiger partial charge is 0.432 e. The smallest absolute Gasteiger partial charge is 0.323 e. The molecule has 5 rings (SSSR count). The maximum absolute atomic E-state index is 11.6. The van der Waals surface area contributed by atoms with Gasteiger partial charge in [-0.25, -0.2) is 4.79 Å². The number of ether oxygens (including phenoxy) is 1. The third kappa shape index (κ3) is 7.66. The highest BCUT2D eigenvalue weighted by atomic mass is 32.1. The van der Waals surface area contributed by atoms with Crippen molar-refractivity contribution in [2.45, 2.75) is 6.92 Å². The zero-order valence-electron chi connectivity index (χ0n) is 21.3. The van der Waals surface area contributed by atoms with E-state index in [1.165, 1.54) is 10.9 Å². The molecule has 38 heavy (non-hydrogen) atoms. The quantitative estimate of drug-likeness (QED) is 0.235. The van der Waals surface area contributed by atoms with Crippen molar-refractivity contribution in [2.75, 3.05) is 22.6 Å². The van der Waals surface area contributed by atoms with Crippen LogP contribution in [0.15, 0.2) is 127 Å². The topological polar surface area (TPSA) is 53.6 Å². The minimum Gasteiger partial charge on any atom is -0.432 e. The molecule has 5 aromatic rings. The van der Waals surface area contributed by atoms with Gasteiger partial charge in [0.2, 0.25) is 0 Å². The lowest BCUT2D eigenvalue weighted by atomic mass is 10.1. The van der Waals surface area contributed by atoms with Crippen LogP contribution in [0.25, 0.3) is 10.8 Å². The third-order valence-electron chi connectivity index (χ3n) is 5.65. The fourth-order valence-electron chi connectivity index (χ4n) is 3.68. The van der Waals surface area contributed by atoms with Crippen LogP contribution in [0.2, 0.25) is 0 Å². The number of hydrogen-bond donors (Lipinski definition) is 2. The van der Waals surface area contributed by atoms with Crippen LogP contribution in [0.4, 0.5) is 21.9 Å². The molecule has 0 unspecified atom stereocenters. The summed E-state index contributed by atoms with van der Waals surface area (Å²) in [6.45, 7) is 2.06. The number of nitrogens with zero attached hydrogens (tertiary/aromatic N) is 1. The van der Waals surface area contributed by atoms with E-state index in [1.54, 1.807) is 0 Å². The molecule has 5 nitrogen and oxygen atoms in total. The Labute approximate surface area is 228 Å². The van der Waals surface area contributed by atoms with Crippen LogP contribution >= 0.6 is 12.2 Å². The average Bonchev–Trinajstić information content (AvgIpc) is 2.94. The molecule has 190 valence electrons. The van der Waals surface area contributed by atoms with E-state index in [2.05, 4.69) is 41.8 Å². The summed E-state index contributed by atoms with van der Waals surface area (Å²) in [4.78, 5) is 13.4. The van der Waals surface area contributed by atoms with Gasteiger partial charge in [-0.2, -0.15) is 0 Å². The van der Waals surface area contributed by atoms with Crippen LogP contribution in [-0.4, -0.2) is 18.3 Å². The van der Waals surface area contributed by atoms with Crippen molar-refractivity contribution in [3.63, 3.8) is 0 Å². The second-order valence-corrected chi connectivity index (χ2v) is 8.94. The molecular formula is C32H29N3O2S. The fourth-order valence-corrected chi connectivity index (χ4v) is 3.88. The second kappa shape index (κ2) is 13.0. The van der Waals surface area contributed by atoms with Gasteiger partial charge in [-0.05, 0) is 84.0 Å². The molecule has 6 heteroatoms. The number of hydrogen-bond acceptors (Lipinski definition) is 3. The first-order valence-electron chi connectivity index (χ1n) is 12.2. The average molecular weight is 520 g/mol. The summed E-state index contributed by atoms with van der Waals surface area (Å²) in [7, 11) is 1.91. The normalized spacial score (nSPS) is 10.1. The molecule has 0 spiro atoms. The lowest BCUT2D eigenvalue weighted by Crippen LogP contribution is -2.29. The van der Waals surface area contributed by atoms with Crippen LogP contribution in [0.5, 0.6) is 5.75 Å². The fraction of sp³-hybridized carbons (Fsp3) is 0.0625. The lowest BCUT2D eigenvalue weighted by Gasteiger charge is -2.20. The minimum atomic E-state index is -0.239. The molecule has 0 aliphatic carbocycles. The molecular weight excluding hydrogens is 490 g/mol. The van der Waals surface area contributed by atoms with Crippen LogP contribution in [0, 0.1) is 6.92 Å². The van der Waals surface area contributed by atoms with Crippen LogP contribution in [0.1, 0.15) is 5.56 Å². The highest BCUT2D eigenvalue weighted by Crippen LogP contribution is 2.22. The molecule has 0 bridgehead atoms. The number of carbonyl (C=O) groups excluding carboxylic acids is 1. The van der Waals surface area contributed by atoms with Crippen molar-refractivity contribution in [2.24, 2.45) is 0 Å².